The van der Waals surface area contributed by atoms with Crippen LogP contribution in [0.5, 0.6) is 0 Å². The van der Waals surface area contributed by atoms with Gasteiger partial charge in [0.1, 0.15) is 0 Å². The molecule has 0 aliphatic carbocycles. The van der Waals surface area contributed by atoms with Gasteiger partial charge in [-0.15, -0.1) is 0 Å². The molecule has 2 nitrogen and oxygen atoms in total. The third kappa shape index (κ3) is 21.6. The fourth-order valence-electron chi connectivity index (χ4n) is 0.965. The van der Waals surface area contributed by atoms with E-state index >= 15 is 0 Å². The standard InChI is InChI=1S/C8H8.C7H12O2.C4H6.K/c1-2-8-6-4-3-5-7-8;1-3-5-6-9-7(8)4-2;1-3-4-2;/h2-7H,1H2;4H,2-3,5-6H2,1H3;3-4H,1-2H2;. The summed E-state index contributed by atoms with van der Waals surface area (Å²) < 4.78 is 4.67. The molecule has 0 heterocycles. The van der Waals surface area contributed by atoms with E-state index in [1.807, 2.05) is 43.3 Å². The molecule has 0 saturated heterocycles. The van der Waals surface area contributed by atoms with Crippen molar-refractivity contribution in [2.24, 2.45) is 0 Å². The number of hydrogen-bond donors (Lipinski definition) is 0. The van der Waals surface area contributed by atoms with Crippen molar-refractivity contribution >= 4 is 63.4 Å². The minimum atomic E-state index is -0.330. The Morgan fingerprint density at radius 3 is 1.95 bits per heavy atom. The molecule has 3 heteroatoms. The SMILES string of the molecule is C=CC(=O)OCCCC.C=CC=C.C=Cc1ccccc1.[K]. The number of unbranched alkanes of at least 4 members (excludes halogenated alkanes) is 1. The maximum absolute atomic E-state index is 10.3. The van der Waals surface area contributed by atoms with Crippen molar-refractivity contribution in [1.82, 2.24) is 0 Å². The molecule has 0 spiro atoms. The number of allylic oxidation sites excluding steroid dienone is 2. The first kappa shape index (κ1) is 26.2. The van der Waals surface area contributed by atoms with Gasteiger partial charge in [0.05, 0.1) is 6.61 Å². The van der Waals surface area contributed by atoms with Gasteiger partial charge in [-0.05, 0) is 12.0 Å². The Hall–Kier alpha value is -0.714. The summed E-state index contributed by atoms with van der Waals surface area (Å²) in [7, 11) is 0. The molecule has 1 radical (unpaired) electrons. The topological polar surface area (TPSA) is 26.3 Å². The Morgan fingerprint density at radius 1 is 1.09 bits per heavy atom. The molecule has 1 rings (SSSR count). The maximum atomic E-state index is 10.3. The zero-order valence-corrected chi connectivity index (χ0v) is 17.1. The summed E-state index contributed by atoms with van der Waals surface area (Å²) in [6, 6.07) is 10.0. The van der Waals surface area contributed by atoms with E-state index < -0.39 is 0 Å². The molecule has 0 fully saturated rings. The van der Waals surface area contributed by atoms with E-state index in [1.54, 1.807) is 12.2 Å². The van der Waals surface area contributed by atoms with Crippen molar-refractivity contribution in [3.05, 3.63) is 80.4 Å². The smallest absolute Gasteiger partial charge is 0.330 e. The third-order valence-electron chi connectivity index (χ3n) is 2.11. The minimum Gasteiger partial charge on any atom is -0.463 e. The molecule has 115 valence electrons. The quantitative estimate of drug-likeness (QED) is 0.246. The van der Waals surface area contributed by atoms with Gasteiger partial charge in [-0.3, -0.25) is 0 Å². The molecular weight excluding hydrogens is 299 g/mol. The van der Waals surface area contributed by atoms with Gasteiger partial charge in [-0.25, -0.2) is 4.79 Å². The number of rotatable bonds is 6. The predicted octanol–water partition coefficient (Wildman–Crippen LogP) is 4.82. The number of hydrogen-bond acceptors (Lipinski definition) is 2. The van der Waals surface area contributed by atoms with E-state index in [4.69, 9.17) is 0 Å². The molecular formula is C19H26KO2. The molecule has 0 aromatic heterocycles. The van der Waals surface area contributed by atoms with Crippen molar-refractivity contribution in [3.8, 4) is 0 Å². The molecule has 1 aromatic rings. The summed E-state index contributed by atoms with van der Waals surface area (Å²) >= 11 is 0. The van der Waals surface area contributed by atoms with Crippen LogP contribution in [0.4, 0.5) is 0 Å². The first-order chi connectivity index (χ1) is 10.2. The van der Waals surface area contributed by atoms with Crippen LogP contribution in [0.3, 0.4) is 0 Å². The molecule has 0 unspecified atom stereocenters. The van der Waals surface area contributed by atoms with Crippen LogP contribution in [0.2, 0.25) is 0 Å². The molecule has 0 atom stereocenters. The first-order valence-corrected chi connectivity index (χ1v) is 6.86. The molecule has 0 N–H and O–H groups in total. The molecule has 0 bridgehead atoms. The van der Waals surface area contributed by atoms with Crippen molar-refractivity contribution in [2.75, 3.05) is 6.61 Å². The monoisotopic (exact) mass is 325 g/mol. The summed E-state index contributed by atoms with van der Waals surface area (Å²) in [6.45, 7) is 16.2. The van der Waals surface area contributed by atoms with E-state index in [9.17, 15) is 4.79 Å². The van der Waals surface area contributed by atoms with Crippen LogP contribution >= 0.6 is 0 Å². The van der Waals surface area contributed by atoms with Crippen LogP contribution in [-0.2, 0) is 9.53 Å². The van der Waals surface area contributed by atoms with Crippen molar-refractivity contribution in [3.63, 3.8) is 0 Å². The van der Waals surface area contributed by atoms with Crippen LogP contribution in [0.15, 0.2) is 74.9 Å². The molecule has 1 aromatic carbocycles. The van der Waals surface area contributed by atoms with Gasteiger partial charge in [0.15, 0.2) is 0 Å². The minimum absolute atomic E-state index is 0. The van der Waals surface area contributed by atoms with E-state index in [-0.39, 0.29) is 57.4 Å². The Morgan fingerprint density at radius 2 is 1.64 bits per heavy atom. The second-order valence-corrected chi connectivity index (χ2v) is 3.81. The van der Waals surface area contributed by atoms with Crippen molar-refractivity contribution in [2.45, 2.75) is 19.8 Å². The molecule has 22 heavy (non-hydrogen) atoms. The van der Waals surface area contributed by atoms with E-state index in [1.165, 1.54) is 11.6 Å². The third-order valence-corrected chi connectivity index (χ3v) is 2.11. The molecule has 0 amide bonds. The molecule has 0 aliphatic heterocycles. The molecule has 0 aliphatic rings. The van der Waals surface area contributed by atoms with Crippen LogP contribution in [0, 0.1) is 0 Å². The van der Waals surface area contributed by atoms with Gasteiger partial charge in [0, 0.05) is 57.5 Å². The average molecular weight is 326 g/mol. The normalized spacial score (nSPS) is 7.50. The number of benzene rings is 1. The van der Waals surface area contributed by atoms with Crippen molar-refractivity contribution < 1.29 is 9.53 Å². The summed E-state index contributed by atoms with van der Waals surface area (Å²) in [5, 5.41) is 0. The van der Waals surface area contributed by atoms with E-state index in [0.29, 0.717) is 6.61 Å². The van der Waals surface area contributed by atoms with Gasteiger partial charge in [0.2, 0.25) is 0 Å². The van der Waals surface area contributed by atoms with Crippen LogP contribution in [0.1, 0.15) is 25.3 Å². The number of esters is 1. The van der Waals surface area contributed by atoms with Crippen LogP contribution < -0.4 is 0 Å². The van der Waals surface area contributed by atoms with Gasteiger partial charge in [-0.2, -0.15) is 0 Å². The van der Waals surface area contributed by atoms with E-state index in [0.717, 1.165) is 12.8 Å². The van der Waals surface area contributed by atoms with E-state index in [2.05, 4.69) is 31.1 Å². The van der Waals surface area contributed by atoms with Gasteiger partial charge in [-0.1, -0.05) is 88.2 Å². The van der Waals surface area contributed by atoms with Crippen LogP contribution in [0.25, 0.3) is 6.08 Å². The fourth-order valence-corrected chi connectivity index (χ4v) is 0.965. The second kappa shape index (κ2) is 22.6. The average Bonchev–Trinajstić information content (AvgIpc) is 2.56. The Kier molecular flexibility index (Phi) is 26.9. The summed E-state index contributed by atoms with van der Waals surface area (Å²) in [4.78, 5) is 10.3. The van der Waals surface area contributed by atoms with Gasteiger partial charge in [0.25, 0.3) is 0 Å². The first-order valence-electron chi connectivity index (χ1n) is 6.86. The Bertz CT molecular complexity index is 405. The largest absolute Gasteiger partial charge is 0.463 e. The summed E-state index contributed by atoms with van der Waals surface area (Å²) in [6.07, 6.45) is 8.26. The summed E-state index contributed by atoms with van der Waals surface area (Å²) in [5.41, 5.74) is 1.17. The molecule has 0 saturated carbocycles. The van der Waals surface area contributed by atoms with Crippen molar-refractivity contribution in [1.29, 1.82) is 0 Å². The zero-order chi connectivity index (χ0) is 16.3. The maximum Gasteiger partial charge on any atom is 0.330 e. The fraction of sp³-hybridized carbons (Fsp3) is 0.211. The second-order valence-electron chi connectivity index (χ2n) is 3.81. The summed E-state index contributed by atoms with van der Waals surface area (Å²) in [5.74, 6) is -0.330. The number of carbonyl (C=O) groups is 1. The van der Waals surface area contributed by atoms with Crippen LogP contribution in [-0.4, -0.2) is 64.0 Å². The van der Waals surface area contributed by atoms with Gasteiger partial charge >= 0.3 is 5.97 Å². The number of carbonyl (C=O) groups excluding carboxylic acids is 1. The zero-order valence-electron chi connectivity index (χ0n) is 14.0. The Labute approximate surface area is 178 Å². The Balaban J connectivity index is -0.000000257. The number of ether oxygens (including phenoxy) is 1. The van der Waals surface area contributed by atoms with Gasteiger partial charge < -0.3 is 4.74 Å². The predicted molar refractivity (Wildman–Crippen MR) is 98.7 cm³/mol.